The van der Waals surface area contributed by atoms with E-state index in [-0.39, 0.29) is 12.6 Å². The quantitative estimate of drug-likeness (QED) is 0.862. The van der Waals surface area contributed by atoms with Gasteiger partial charge in [-0.25, -0.2) is 4.79 Å². The molecule has 2 unspecified atom stereocenters. The number of aliphatic hydroxyl groups is 1. The maximum absolute atomic E-state index is 10.9. The van der Waals surface area contributed by atoms with Crippen LogP contribution in [0.2, 0.25) is 0 Å². The van der Waals surface area contributed by atoms with Crippen LogP contribution in [0.1, 0.15) is 12.0 Å². The number of nitrogens with zero attached hydrogens (tertiary/aromatic N) is 2. The number of β-amino-alcohol motifs (C(OH)–C–C–N with tert-alkyl or cyclic N) is 1. The van der Waals surface area contributed by atoms with Gasteiger partial charge in [0, 0.05) is 19.1 Å². The summed E-state index contributed by atoms with van der Waals surface area (Å²) in [4.78, 5) is 14.2. The zero-order valence-electron chi connectivity index (χ0n) is 11.1. The second-order valence-corrected chi connectivity index (χ2v) is 5.05. The van der Waals surface area contributed by atoms with Gasteiger partial charge >= 0.3 is 6.09 Å². The van der Waals surface area contributed by atoms with Gasteiger partial charge in [-0.1, -0.05) is 30.3 Å². The molecule has 19 heavy (non-hydrogen) atoms. The molecule has 1 heterocycles. The van der Waals surface area contributed by atoms with Crippen LogP contribution in [0, 0.1) is 0 Å². The van der Waals surface area contributed by atoms with Crippen LogP contribution in [-0.4, -0.2) is 58.4 Å². The van der Waals surface area contributed by atoms with Crippen LogP contribution in [0.25, 0.3) is 0 Å². The number of rotatable bonds is 3. The molecule has 1 saturated heterocycles. The van der Waals surface area contributed by atoms with Crippen molar-refractivity contribution < 1.29 is 15.0 Å². The number of hydrogen-bond donors (Lipinski definition) is 2. The van der Waals surface area contributed by atoms with Gasteiger partial charge in [-0.15, -0.1) is 0 Å². The van der Waals surface area contributed by atoms with Crippen LogP contribution >= 0.6 is 0 Å². The summed E-state index contributed by atoms with van der Waals surface area (Å²) in [7, 11) is 1.97. The van der Waals surface area contributed by atoms with Crippen LogP contribution < -0.4 is 0 Å². The van der Waals surface area contributed by atoms with E-state index in [0.29, 0.717) is 13.0 Å². The third-order valence-corrected chi connectivity index (χ3v) is 3.66. The van der Waals surface area contributed by atoms with E-state index in [1.807, 2.05) is 25.2 Å². The lowest BCUT2D eigenvalue weighted by Gasteiger charge is -2.39. The number of aliphatic hydroxyl groups excluding tert-OH is 1. The van der Waals surface area contributed by atoms with Gasteiger partial charge in [0.05, 0.1) is 12.6 Å². The smallest absolute Gasteiger partial charge is 0.407 e. The Bertz CT molecular complexity index is 424. The highest BCUT2D eigenvalue weighted by Crippen LogP contribution is 2.18. The molecule has 1 aliphatic rings. The molecule has 1 amide bonds. The molecule has 2 rings (SSSR count). The minimum Gasteiger partial charge on any atom is -0.465 e. The number of likely N-dealkylation sites (N-methyl/N-ethyl adjacent to an activating group) is 1. The normalized spacial score (nSPS) is 23.6. The molecule has 2 atom stereocenters. The molecule has 0 aliphatic carbocycles. The van der Waals surface area contributed by atoms with Crippen LogP contribution in [0.15, 0.2) is 30.3 Å². The van der Waals surface area contributed by atoms with Gasteiger partial charge in [0.1, 0.15) is 0 Å². The van der Waals surface area contributed by atoms with Gasteiger partial charge < -0.3 is 15.1 Å². The van der Waals surface area contributed by atoms with Crippen molar-refractivity contribution in [2.24, 2.45) is 0 Å². The summed E-state index contributed by atoms with van der Waals surface area (Å²) < 4.78 is 0. The topological polar surface area (TPSA) is 64.0 Å². The predicted octanol–water partition coefficient (Wildman–Crippen LogP) is 1.23. The van der Waals surface area contributed by atoms with Crippen molar-refractivity contribution in [3.8, 4) is 0 Å². The Morgan fingerprint density at radius 2 is 2.11 bits per heavy atom. The Kier molecular flexibility index (Phi) is 4.39. The van der Waals surface area contributed by atoms with Crippen molar-refractivity contribution in [1.82, 2.24) is 9.80 Å². The Morgan fingerprint density at radius 1 is 1.42 bits per heavy atom. The van der Waals surface area contributed by atoms with Crippen LogP contribution in [0.3, 0.4) is 0 Å². The van der Waals surface area contributed by atoms with E-state index >= 15 is 0 Å². The van der Waals surface area contributed by atoms with E-state index in [1.54, 1.807) is 0 Å². The summed E-state index contributed by atoms with van der Waals surface area (Å²) >= 11 is 0. The van der Waals surface area contributed by atoms with E-state index in [2.05, 4.69) is 17.0 Å². The van der Waals surface area contributed by atoms with E-state index in [0.717, 1.165) is 6.54 Å². The Morgan fingerprint density at radius 3 is 2.68 bits per heavy atom. The summed E-state index contributed by atoms with van der Waals surface area (Å²) in [5.41, 5.74) is 1.19. The summed E-state index contributed by atoms with van der Waals surface area (Å²) in [5.74, 6) is 0. The number of benzene rings is 1. The minimum atomic E-state index is -0.955. The number of piperidine rings is 1. The number of carboxylic acid groups (broad SMARTS) is 1. The van der Waals surface area contributed by atoms with Crippen molar-refractivity contribution in [2.75, 3.05) is 20.1 Å². The Balaban J connectivity index is 1.93. The summed E-state index contributed by atoms with van der Waals surface area (Å²) in [5, 5.41) is 19.0. The highest BCUT2D eigenvalue weighted by atomic mass is 16.4. The van der Waals surface area contributed by atoms with Gasteiger partial charge in [0.25, 0.3) is 0 Å². The molecule has 0 aromatic heterocycles. The maximum atomic E-state index is 10.9. The number of hydrogen-bond acceptors (Lipinski definition) is 3. The van der Waals surface area contributed by atoms with E-state index in [1.165, 1.54) is 10.5 Å². The molecule has 5 nitrogen and oxygen atoms in total. The molecular formula is C14H20N2O3. The Hall–Kier alpha value is -1.59. The first-order chi connectivity index (χ1) is 9.08. The number of likely N-dealkylation sites (tertiary alicyclic amines) is 1. The lowest BCUT2D eigenvalue weighted by atomic mass is 10.00. The molecule has 0 spiro atoms. The van der Waals surface area contributed by atoms with Crippen LogP contribution in [0.5, 0.6) is 0 Å². The highest BCUT2D eigenvalue weighted by molar-refractivity contribution is 5.65. The molecule has 1 aromatic rings. The van der Waals surface area contributed by atoms with Crippen LogP contribution in [0.4, 0.5) is 4.79 Å². The average Bonchev–Trinajstić information content (AvgIpc) is 2.39. The summed E-state index contributed by atoms with van der Waals surface area (Å²) in [6, 6.07) is 10.1. The first-order valence-corrected chi connectivity index (χ1v) is 6.48. The number of amides is 1. The van der Waals surface area contributed by atoms with Crippen molar-refractivity contribution >= 4 is 6.09 Å². The van der Waals surface area contributed by atoms with Crippen LogP contribution in [-0.2, 0) is 6.54 Å². The zero-order chi connectivity index (χ0) is 13.8. The lowest BCUT2D eigenvalue weighted by molar-refractivity contribution is -0.00218. The van der Waals surface area contributed by atoms with Crippen molar-refractivity contribution in [2.45, 2.75) is 25.1 Å². The second-order valence-electron chi connectivity index (χ2n) is 5.05. The largest absolute Gasteiger partial charge is 0.465 e. The van der Waals surface area contributed by atoms with Crippen molar-refractivity contribution in [3.63, 3.8) is 0 Å². The molecule has 0 saturated carbocycles. The van der Waals surface area contributed by atoms with Crippen molar-refractivity contribution in [1.29, 1.82) is 0 Å². The standard InChI is InChI=1S/C14H20N2O3/c1-15(9-11-5-3-2-4-6-11)12-7-8-16(14(18)19)10-13(12)17/h2-6,12-13,17H,7-10H2,1H3,(H,18,19). The third kappa shape index (κ3) is 3.45. The number of carbonyl (C=O) groups is 1. The molecule has 5 heteroatoms. The zero-order valence-corrected chi connectivity index (χ0v) is 11.1. The van der Waals surface area contributed by atoms with Crippen molar-refractivity contribution in [3.05, 3.63) is 35.9 Å². The highest BCUT2D eigenvalue weighted by Gasteiger charge is 2.32. The first kappa shape index (κ1) is 13.8. The molecule has 0 radical (unpaired) electrons. The molecule has 1 fully saturated rings. The SMILES string of the molecule is CN(Cc1ccccc1)C1CCN(C(=O)O)CC1O. The van der Waals surface area contributed by atoms with E-state index in [9.17, 15) is 9.90 Å². The van der Waals surface area contributed by atoms with Gasteiger partial charge in [-0.3, -0.25) is 4.90 Å². The molecule has 1 aromatic carbocycles. The fourth-order valence-electron chi connectivity index (χ4n) is 2.60. The lowest BCUT2D eigenvalue weighted by Crippen LogP contribution is -2.54. The predicted molar refractivity (Wildman–Crippen MR) is 71.9 cm³/mol. The molecule has 2 N–H and O–H groups in total. The maximum Gasteiger partial charge on any atom is 0.407 e. The molecule has 104 valence electrons. The fourth-order valence-corrected chi connectivity index (χ4v) is 2.60. The van der Waals surface area contributed by atoms with E-state index < -0.39 is 12.2 Å². The summed E-state index contributed by atoms with van der Waals surface area (Å²) in [6.07, 6.45) is -0.918. The summed E-state index contributed by atoms with van der Waals surface area (Å²) in [6.45, 7) is 1.44. The molecular weight excluding hydrogens is 244 g/mol. The molecule has 1 aliphatic heterocycles. The van der Waals surface area contributed by atoms with Gasteiger partial charge in [-0.05, 0) is 19.0 Å². The molecule has 0 bridgehead atoms. The average molecular weight is 264 g/mol. The first-order valence-electron chi connectivity index (χ1n) is 6.48. The fraction of sp³-hybridized carbons (Fsp3) is 0.500. The Labute approximate surface area is 113 Å². The monoisotopic (exact) mass is 264 g/mol. The van der Waals surface area contributed by atoms with Gasteiger partial charge in [0.2, 0.25) is 0 Å². The van der Waals surface area contributed by atoms with Gasteiger partial charge in [-0.2, -0.15) is 0 Å². The third-order valence-electron chi connectivity index (χ3n) is 3.66. The van der Waals surface area contributed by atoms with E-state index in [4.69, 9.17) is 5.11 Å². The second kappa shape index (κ2) is 6.04. The minimum absolute atomic E-state index is 0.0100. The van der Waals surface area contributed by atoms with Gasteiger partial charge in [0.15, 0.2) is 0 Å².